The van der Waals surface area contributed by atoms with Gasteiger partial charge in [-0.05, 0) is 25.9 Å². The maximum atomic E-state index is 11.0. The number of carboxylic acid groups (broad SMARTS) is 1. The van der Waals surface area contributed by atoms with Crippen molar-refractivity contribution >= 4 is 5.97 Å². The van der Waals surface area contributed by atoms with Gasteiger partial charge in [0.25, 0.3) is 0 Å². The number of unbranched alkanes of at least 4 members (excludes halogenated alkanes) is 1. The van der Waals surface area contributed by atoms with Crippen LogP contribution in [0.25, 0.3) is 0 Å². The fraction of sp³-hybridized carbons (Fsp3) is 0.600. The zero-order chi connectivity index (χ0) is 11.8. The summed E-state index contributed by atoms with van der Waals surface area (Å²) in [4.78, 5) is 17.7. The van der Waals surface area contributed by atoms with E-state index >= 15 is 0 Å². The quantitative estimate of drug-likeness (QED) is 0.457. The molecule has 0 radical (unpaired) electrons. The standard InChI is InChI=1S/C10H18N4O2/c11-3-1-2-4-13-9(10(15)16)5-8-6-12-7-14-8/h6-7,9,13H,1-5,11H2,(H,12,14)(H,15,16)/t9-/m0/s1. The highest BCUT2D eigenvalue weighted by Gasteiger charge is 2.17. The van der Waals surface area contributed by atoms with Crippen molar-refractivity contribution in [3.05, 3.63) is 18.2 Å². The number of carbonyl (C=O) groups is 1. The lowest BCUT2D eigenvalue weighted by Crippen LogP contribution is -2.39. The van der Waals surface area contributed by atoms with Gasteiger partial charge < -0.3 is 21.1 Å². The summed E-state index contributed by atoms with van der Waals surface area (Å²) in [6, 6.07) is -0.571. The second kappa shape index (κ2) is 6.97. The maximum absolute atomic E-state index is 11.0. The van der Waals surface area contributed by atoms with E-state index in [0.717, 1.165) is 18.5 Å². The van der Waals surface area contributed by atoms with E-state index in [9.17, 15) is 4.79 Å². The molecule has 90 valence electrons. The molecule has 0 aliphatic carbocycles. The third-order valence-corrected chi connectivity index (χ3v) is 2.30. The minimum absolute atomic E-state index is 0.415. The predicted octanol–water partition coefficient (Wildman–Crippen LogP) is -0.266. The Hall–Kier alpha value is -1.40. The summed E-state index contributed by atoms with van der Waals surface area (Å²) in [5, 5.41) is 12.0. The third kappa shape index (κ3) is 4.41. The van der Waals surface area contributed by atoms with Crippen molar-refractivity contribution in [2.75, 3.05) is 13.1 Å². The molecule has 1 atom stereocenters. The number of hydrogen-bond acceptors (Lipinski definition) is 4. The second-order valence-corrected chi connectivity index (χ2v) is 3.62. The highest BCUT2D eigenvalue weighted by molar-refractivity contribution is 5.73. The Morgan fingerprint density at radius 1 is 1.62 bits per heavy atom. The number of nitrogens with one attached hydrogen (secondary N) is 2. The summed E-state index contributed by atoms with van der Waals surface area (Å²) < 4.78 is 0. The number of carboxylic acids is 1. The van der Waals surface area contributed by atoms with Crippen molar-refractivity contribution in [2.24, 2.45) is 5.73 Å². The first-order chi connectivity index (χ1) is 7.74. The molecule has 0 amide bonds. The summed E-state index contributed by atoms with van der Waals surface area (Å²) in [5.74, 6) is -0.845. The van der Waals surface area contributed by atoms with Gasteiger partial charge in [-0.1, -0.05) is 0 Å². The summed E-state index contributed by atoms with van der Waals surface area (Å²) in [6.45, 7) is 1.31. The van der Waals surface area contributed by atoms with Crippen molar-refractivity contribution in [1.82, 2.24) is 15.3 Å². The first-order valence-corrected chi connectivity index (χ1v) is 5.37. The Kier molecular flexibility index (Phi) is 5.52. The lowest BCUT2D eigenvalue weighted by atomic mass is 10.1. The second-order valence-electron chi connectivity index (χ2n) is 3.62. The molecular formula is C10H18N4O2. The molecule has 0 aromatic carbocycles. The topological polar surface area (TPSA) is 104 Å². The molecule has 5 N–H and O–H groups in total. The average molecular weight is 226 g/mol. The van der Waals surface area contributed by atoms with Crippen LogP contribution in [0.4, 0.5) is 0 Å². The largest absolute Gasteiger partial charge is 0.480 e. The van der Waals surface area contributed by atoms with Crippen LogP contribution in [0.5, 0.6) is 0 Å². The number of rotatable bonds is 8. The van der Waals surface area contributed by atoms with Gasteiger partial charge in [0.15, 0.2) is 0 Å². The number of nitrogens with zero attached hydrogens (tertiary/aromatic N) is 1. The van der Waals surface area contributed by atoms with Crippen molar-refractivity contribution in [3.63, 3.8) is 0 Å². The van der Waals surface area contributed by atoms with Gasteiger partial charge >= 0.3 is 5.97 Å². The Bertz CT molecular complexity index is 300. The number of aromatic amines is 1. The molecule has 1 aromatic heterocycles. The molecule has 0 unspecified atom stereocenters. The Balaban J connectivity index is 2.33. The fourth-order valence-electron chi connectivity index (χ4n) is 1.41. The fourth-order valence-corrected chi connectivity index (χ4v) is 1.41. The normalized spacial score (nSPS) is 12.6. The lowest BCUT2D eigenvalue weighted by molar-refractivity contribution is -0.139. The van der Waals surface area contributed by atoms with Crippen molar-refractivity contribution in [3.8, 4) is 0 Å². The van der Waals surface area contributed by atoms with Gasteiger partial charge in [0.2, 0.25) is 0 Å². The van der Waals surface area contributed by atoms with Gasteiger partial charge in [0, 0.05) is 18.3 Å². The molecule has 0 aliphatic rings. The zero-order valence-electron chi connectivity index (χ0n) is 9.15. The smallest absolute Gasteiger partial charge is 0.321 e. The highest BCUT2D eigenvalue weighted by Crippen LogP contribution is 1.99. The summed E-state index contributed by atoms with van der Waals surface area (Å²) >= 11 is 0. The molecule has 1 rings (SSSR count). The number of H-pyrrole nitrogens is 1. The number of aromatic nitrogens is 2. The van der Waals surface area contributed by atoms with Crippen LogP contribution < -0.4 is 11.1 Å². The Labute approximate surface area is 94.3 Å². The van der Waals surface area contributed by atoms with Crippen molar-refractivity contribution < 1.29 is 9.90 Å². The number of hydrogen-bond donors (Lipinski definition) is 4. The molecule has 0 saturated heterocycles. The van der Waals surface area contributed by atoms with Gasteiger partial charge in [0.05, 0.1) is 6.33 Å². The van der Waals surface area contributed by atoms with Crippen molar-refractivity contribution in [1.29, 1.82) is 0 Å². The lowest BCUT2D eigenvalue weighted by Gasteiger charge is -2.13. The van der Waals surface area contributed by atoms with E-state index in [-0.39, 0.29) is 0 Å². The van der Waals surface area contributed by atoms with Crippen LogP contribution in [-0.4, -0.2) is 40.2 Å². The molecule has 6 nitrogen and oxygen atoms in total. The van der Waals surface area contributed by atoms with Crippen LogP contribution in [0.2, 0.25) is 0 Å². The van der Waals surface area contributed by atoms with E-state index in [0.29, 0.717) is 19.5 Å². The first-order valence-electron chi connectivity index (χ1n) is 5.37. The van der Waals surface area contributed by atoms with E-state index in [4.69, 9.17) is 10.8 Å². The number of aliphatic carboxylic acids is 1. The monoisotopic (exact) mass is 226 g/mol. The number of imidazole rings is 1. The van der Waals surface area contributed by atoms with E-state index in [1.807, 2.05) is 0 Å². The summed E-state index contributed by atoms with van der Waals surface area (Å²) in [5.41, 5.74) is 6.18. The number of nitrogens with two attached hydrogens (primary N) is 1. The summed E-state index contributed by atoms with van der Waals surface area (Å²) in [6.07, 6.45) is 5.39. The molecule has 1 aromatic rings. The van der Waals surface area contributed by atoms with Gasteiger partial charge in [-0.2, -0.15) is 0 Å². The van der Waals surface area contributed by atoms with Crippen LogP contribution in [0.3, 0.4) is 0 Å². The molecule has 1 heterocycles. The van der Waals surface area contributed by atoms with Crippen LogP contribution in [0, 0.1) is 0 Å². The van der Waals surface area contributed by atoms with E-state index in [1.165, 1.54) is 0 Å². The maximum Gasteiger partial charge on any atom is 0.321 e. The molecular weight excluding hydrogens is 208 g/mol. The molecule has 0 bridgehead atoms. The molecule has 0 saturated carbocycles. The first kappa shape index (κ1) is 12.7. The van der Waals surface area contributed by atoms with Gasteiger partial charge in [-0.15, -0.1) is 0 Å². The van der Waals surface area contributed by atoms with Crippen molar-refractivity contribution in [2.45, 2.75) is 25.3 Å². The van der Waals surface area contributed by atoms with Crippen LogP contribution >= 0.6 is 0 Å². The van der Waals surface area contributed by atoms with Gasteiger partial charge in [-0.3, -0.25) is 4.79 Å². The Morgan fingerprint density at radius 3 is 3.00 bits per heavy atom. The molecule has 0 spiro atoms. The Morgan fingerprint density at radius 2 is 2.44 bits per heavy atom. The van der Waals surface area contributed by atoms with Gasteiger partial charge in [-0.25, -0.2) is 4.98 Å². The minimum atomic E-state index is -0.845. The SMILES string of the molecule is NCCCCN[C@@H](Cc1cnc[nH]1)C(=O)O. The molecule has 6 heteroatoms. The minimum Gasteiger partial charge on any atom is -0.480 e. The zero-order valence-corrected chi connectivity index (χ0v) is 9.15. The van der Waals surface area contributed by atoms with Crippen LogP contribution in [0.15, 0.2) is 12.5 Å². The predicted molar refractivity (Wildman–Crippen MR) is 60.0 cm³/mol. The highest BCUT2D eigenvalue weighted by atomic mass is 16.4. The van der Waals surface area contributed by atoms with E-state index in [2.05, 4.69) is 15.3 Å². The average Bonchev–Trinajstić information content (AvgIpc) is 2.75. The summed E-state index contributed by atoms with van der Waals surface area (Å²) in [7, 11) is 0. The van der Waals surface area contributed by atoms with Gasteiger partial charge in [0.1, 0.15) is 6.04 Å². The third-order valence-electron chi connectivity index (χ3n) is 2.30. The van der Waals surface area contributed by atoms with Crippen LogP contribution in [-0.2, 0) is 11.2 Å². The molecule has 0 aliphatic heterocycles. The molecule has 16 heavy (non-hydrogen) atoms. The van der Waals surface area contributed by atoms with E-state index < -0.39 is 12.0 Å². The molecule has 0 fully saturated rings. The van der Waals surface area contributed by atoms with E-state index in [1.54, 1.807) is 12.5 Å². The van der Waals surface area contributed by atoms with Crippen LogP contribution in [0.1, 0.15) is 18.5 Å².